The van der Waals surface area contributed by atoms with E-state index >= 15 is 0 Å². The van der Waals surface area contributed by atoms with Gasteiger partial charge in [0.05, 0.1) is 5.69 Å². The third kappa shape index (κ3) is 3.05. The molecule has 1 fully saturated rings. The van der Waals surface area contributed by atoms with Gasteiger partial charge >= 0.3 is 6.03 Å². The van der Waals surface area contributed by atoms with Crippen molar-refractivity contribution in [2.45, 2.75) is 6.92 Å². The van der Waals surface area contributed by atoms with Gasteiger partial charge in [-0.3, -0.25) is 24.7 Å². The highest BCUT2D eigenvalue weighted by Crippen LogP contribution is 2.20. The van der Waals surface area contributed by atoms with Crippen LogP contribution in [0.25, 0.3) is 0 Å². The fourth-order valence-electron chi connectivity index (χ4n) is 2.25. The second kappa shape index (κ2) is 5.91. The van der Waals surface area contributed by atoms with Crippen molar-refractivity contribution >= 4 is 29.4 Å². The van der Waals surface area contributed by atoms with Gasteiger partial charge in [-0.1, -0.05) is 23.4 Å². The number of hydrogen-bond donors (Lipinski definition) is 1. The summed E-state index contributed by atoms with van der Waals surface area (Å²) in [6.07, 6.45) is 0. The van der Waals surface area contributed by atoms with Crippen LogP contribution in [0.4, 0.5) is 16.4 Å². The molecule has 1 saturated heterocycles. The summed E-state index contributed by atoms with van der Waals surface area (Å²) in [5.74, 6) is -0.785. The van der Waals surface area contributed by atoms with E-state index in [4.69, 9.17) is 4.52 Å². The third-order valence-electron chi connectivity index (χ3n) is 3.32. The number of carbonyl (C=O) groups is 3. The Kier molecular flexibility index (Phi) is 3.80. The molecule has 118 valence electrons. The summed E-state index contributed by atoms with van der Waals surface area (Å²) >= 11 is 0. The highest BCUT2D eigenvalue weighted by Gasteiger charge is 2.37. The minimum absolute atomic E-state index is 0.0858. The topological polar surface area (TPSA) is 95.8 Å². The SMILES string of the molecule is Cc1cc(NC(=O)CN2C(=O)CN(c3ccccc3)C2=O)on1. The lowest BCUT2D eigenvalue weighted by Crippen LogP contribution is -2.39. The lowest BCUT2D eigenvalue weighted by Gasteiger charge is -2.16. The molecule has 0 radical (unpaired) electrons. The van der Waals surface area contributed by atoms with Crippen molar-refractivity contribution in [1.82, 2.24) is 10.1 Å². The van der Waals surface area contributed by atoms with Crippen LogP contribution in [0.1, 0.15) is 5.69 Å². The van der Waals surface area contributed by atoms with Crippen LogP contribution in [-0.4, -0.2) is 41.0 Å². The predicted molar refractivity (Wildman–Crippen MR) is 80.8 cm³/mol. The molecule has 3 rings (SSSR count). The average molecular weight is 314 g/mol. The molecule has 8 nitrogen and oxygen atoms in total. The maximum atomic E-state index is 12.3. The molecule has 0 aliphatic carbocycles. The highest BCUT2D eigenvalue weighted by atomic mass is 16.5. The number of aromatic nitrogens is 1. The van der Waals surface area contributed by atoms with Crippen LogP contribution in [0.5, 0.6) is 0 Å². The van der Waals surface area contributed by atoms with Crippen LogP contribution >= 0.6 is 0 Å². The number of urea groups is 1. The number of anilines is 2. The van der Waals surface area contributed by atoms with E-state index in [0.29, 0.717) is 11.4 Å². The Morgan fingerprint density at radius 1 is 1.30 bits per heavy atom. The Labute approximate surface area is 131 Å². The van der Waals surface area contributed by atoms with E-state index in [1.165, 1.54) is 4.90 Å². The fraction of sp³-hybridized carbons (Fsp3) is 0.200. The number of imide groups is 1. The van der Waals surface area contributed by atoms with E-state index < -0.39 is 17.8 Å². The zero-order chi connectivity index (χ0) is 16.4. The van der Waals surface area contributed by atoms with Crippen LogP contribution in [0.2, 0.25) is 0 Å². The van der Waals surface area contributed by atoms with E-state index in [2.05, 4.69) is 10.5 Å². The van der Waals surface area contributed by atoms with Gasteiger partial charge in [-0.2, -0.15) is 0 Å². The molecular weight excluding hydrogens is 300 g/mol. The normalized spacial score (nSPS) is 14.5. The maximum Gasteiger partial charge on any atom is 0.332 e. The van der Waals surface area contributed by atoms with Crippen molar-refractivity contribution in [2.75, 3.05) is 23.3 Å². The molecule has 1 aromatic heterocycles. The zero-order valence-corrected chi connectivity index (χ0v) is 12.4. The Hall–Kier alpha value is -3.16. The molecule has 1 aliphatic heterocycles. The van der Waals surface area contributed by atoms with E-state index in [1.54, 1.807) is 37.3 Å². The molecule has 1 N–H and O–H groups in total. The maximum absolute atomic E-state index is 12.3. The lowest BCUT2D eigenvalue weighted by atomic mass is 10.3. The highest BCUT2D eigenvalue weighted by molar-refractivity contribution is 6.14. The summed E-state index contributed by atoms with van der Waals surface area (Å²) < 4.78 is 4.86. The summed E-state index contributed by atoms with van der Waals surface area (Å²) in [6, 6.07) is 9.84. The molecule has 1 aliphatic rings. The Balaban J connectivity index is 1.67. The first kappa shape index (κ1) is 14.8. The zero-order valence-electron chi connectivity index (χ0n) is 12.4. The number of benzene rings is 1. The number of aryl methyl sites for hydroxylation is 1. The first-order chi connectivity index (χ1) is 11.0. The molecule has 23 heavy (non-hydrogen) atoms. The fourth-order valence-corrected chi connectivity index (χ4v) is 2.25. The van der Waals surface area contributed by atoms with Gasteiger partial charge in [0.2, 0.25) is 11.8 Å². The Morgan fingerprint density at radius 3 is 2.70 bits per heavy atom. The minimum atomic E-state index is -0.530. The molecule has 1 aromatic carbocycles. The van der Waals surface area contributed by atoms with Crippen molar-refractivity contribution in [3.63, 3.8) is 0 Å². The Bertz CT molecular complexity index is 756. The quantitative estimate of drug-likeness (QED) is 0.860. The second-order valence-electron chi connectivity index (χ2n) is 5.06. The molecular formula is C15H14N4O4. The average Bonchev–Trinajstić information content (AvgIpc) is 3.06. The predicted octanol–water partition coefficient (Wildman–Crippen LogP) is 1.39. The number of nitrogens with zero attached hydrogens (tertiary/aromatic N) is 3. The van der Waals surface area contributed by atoms with Gasteiger partial charge < -0.3 is 4.52 Å². The molecule has 0 bridgehead atoms. The van der Waals surface area contributed by atoms with Crippen LogP contribution in [-0.2, 0) is 9.59 Å². The molecule has 8 heteroatoms. The van der Waals surface area contributed by atoms with Gasteiger partial charge in [-0.15, -0.1) is 0 Å². The largest absolute Gasteiger partial charge is 0.338 e. The summed E-state index contributed by atoms with van der Waals surface area (Å²) in [4.78, 5) is 38.5. The smallest absolute Gasteiger partial charge is 0.332 e. The number of para-hydroxylation sites is 1. The Morgan fingerprint density at radius 2 is 2.04 bits per heavy atom. The van der Waals surface area contributed by atoms with Crippen LogP contribution < -0.4 is 10.2 Å². The van der Waals surface area contributed by atoms with Gasteiger partial charge in [0.1, 0.15) is 13.1 Å². The first-order valence-electron chi connectivity index (χ1n) is 6.94. The standard InChI is InChI=1S/C15H14N4O4/c1-10-7-13(23-17-10)16-12(20)8-19-14(21)9-18(15(19)22)11-5-3-2-4-6-11/h2-7H,8-9H2,1H3,(H,16,20). The van der Waals surface area contributed by atoms with Crippen molar-refractivity contribution < 1.29 is 18.9 Å². The van der Waals surface area contributed by atoms with Crippen molar-refractivity contribution in [3.05, 3.63) is 42.1 Å². The van der Waals surface area contributed by atoms with Gasteiger partial charge in [0.25, 0.3) is 5.91 Å². The molecule has 2 heterocycles. The molecule has 0 unspecified atom stereocenters. The van der Waals surface area contributed by atoms with E-state index in [0.717, 1.165) is 4.90 Å². The van der Waals surface area contributed by atoms with Crippen LogP contribution in [0, 0.1) is 6.92 Å². The molecule has 0 saturated carbocycles. The summed E-state index contributed by atoms with van der Waals surface area (Å²) in [7, 11) is 0. The van der Waals surface area contributed by atoms with Crippen molar-refractivity contribution in [1.29, 1.82) is 0 Å². The van der Waals surface area contributed by atoms with E-state index in [1.807, 2.05) is 6.07 Å². The summed E-state index contributed by atoms with van der Waals surface area (Å²) in [5, 5.41) is 6.09. The number of hydrogen-bond acceptors (Lipinski definition) is 5. The molecule has 0 spiro atoms. The van der Waals surface area contributed by atoms with E-state index in [9.17, 15) is 14.4 Å². The van der Waals surface area contributed by atoms with Crippen LogP contribution in [0.15, 0.2) is 40.9 Å². The third-order valence-corrected chi connectivity index (χ3v) is 3.32. The van der Waals surface area contributed by atoms with Crippen LogP contribution in [0.3, 0.4) is 0 Å². The summed E-state index contributed by atoms with van der Waals surface area (Å²) in [5.41, 5.74) is 1.23. The molecule has 0 atom stereocenters. The molecule has 2 aromatic rings. The van der Waals surface area contributed by atoms with Crippen molar-refractivity contribution in [2.24, 2.45) is 0 Å². The number of nitrogens with one attached hydrogen (secondary N) is 1. The monoisotopic (exact) mass is 314 g/mol. The lowest BCUT2D eigenvalue weighted by molar-refractivity contribution is -0.128. The van der Waals surface area contributed by atoms with Crippen molar-refractivity contribution in [3.8, 4) is 0 Å². The summed E-state index contributed by atoms with van der Waals surface area (Å²) in [6.45, 7) is 1.25. The van der Waals surface area contributed by atoms with E-state index in [-0.39, 0.29) is 19.0 Å². The molecule has 4 amide bonds. The van der Waals surface area contributed by atoms with Gasteiger partial charge in [-0.05, 0) is 19.1 Å². The first-order valence-corrected chi connectivity index (χ1v) is 6.94. The second-order valence-corrected chi connectivity index (χ2v) is 5.06. The van der Waals surface area contributed by atoms with Gasteiger partial charge in [-0.25, -0.2) is 4.79 Å². The number of amides is 4. The van der Waals surface area contributed by atoms with Gasteiger partial charge in [0, 0.05) is 11.8 Å². The minimum Gasteiger partial charge on any atom is -0.338 e. The number of rotatable bonds is 4. The van der Waals surface area contributed by atoms with Gasteiger partial charge in [0.15, 0.2) is 0 Å². The number of carbonyl (C=O) groups excluding carboxylic acids is 3.